The minimum absolute atomic E-state index is 0.579. The van der Waals surface area contributed by atoms with Gasteiger partial charge in [-0.1, -0.05) is 41.6 Å². The molecule has 1 aromatic rings. The van der Waals surface area contributed by atoms with E-state index in [0.717, 1.165) is 11.1 Å². The van der Waals surface area contributed by atoms with Gasteiger partial charge >= 0.3 is 0 Å². The molecule has 6 nitrogen and oxygen atoms in total. The van der Waals surface area contributed by atoms with Crippen molar-refractivity contribution >= 4 is 16.8 Å². The molecule has 1 heterocycles. The van der Waals surface area contributed by atoms with Gasteiger partial charge in [-0.2, -0.15) is 5.10 Å². The van der Waals surface area contributed by atoms with Crippen LogP contribution in [-0.4, -0.2) is 55.3 Å². The second-order valence-corrected chi connectivity index (χ2v) is 6.29. The average molecular weight is 312 g/mol. The summed E-state index contributed by atoms with van der Waals surface area (Å²) in [6, 6.07) is 7.79. The van der Waals surface area contributed by atoms with E-state index in [-0.39, 0.29) is 0 Å². The Hall–Kier alpha value is -1.12. The highest BCUT2D eigenvalue weighted by molar-refractivity contribution is 8.15. The number of rotatable bonds is 5. The van der Waals surface area contributed by atoms with E-state index in [0.29, 0.717) is 5.04 Å². The molecule has 0 aliphatic carbocycles. The van der Waals surface area contributed by atoms with E-state index >= 15 is 0 Å². The molecule has 116 valence electrons. The molecule has 1 aliphatic heterocycles. The monoisotopic (exact) mass is 312 g/mol. The molecule has 0 saturated heterocycles. The Labute approximate surface area is 127 Å². The van der Waals surface area contributed by atoms with Crippen LogP contribution in [0.1, 0.15) is 18.1 Å². The maximum absolute atomic E-state index is 10.1. The van der Waals surface area contributed by atoms with Gasteiger partial charge in [-0.25, -0.2) is 0 Å². The molecule has 7 heteroatoms. The van der Waals surface area contributed by atoms with Crippen molar-refractivity contribution in [3.8, 4) is 0 Å². The molecule has 1 aromatic carbocycles. The van der Waals surface area contributed by atoms with Gasteiger partial charge in [-0.3, -0.25) is 5.43 Å². The van der Waals surface area contributed by atoms with E-state index in [4.69, 9.17) is 0 Å². The zero-order valence-electron chi connectivity index (χ0n) is 11.8. The molecule has 0 aromatic heterocycles. The average Bonchev–Trinajstić information content (AvgIpc) is 2.95. The summed E-state index contributed by atoms with van der Waals surface area (Å²) in [6.45, 7) is 3.34. The molecule has 1 aliphatic rings. The predicted octanol–water partition coefficient (Wildman–Crippen LogP) is -0.217. The first-order valence-electron chi connectivity index (χ1n) is 6.69. The molecule has 0 saturated carbocycles. The molecular weight excluding hydrogens is 292 g/mol. The maximum Gasteiger partial charge on any atom is 0.125 e. The number of hydrazone groups is 1. The Morgan fingerprint density at radius 1 is 1.10 bits per heavy atom. The van der Waals surface area contributed by atoms with Crippen molar-refractivity contribution in [2.45, 2.75) is 43.6 Å². The Kier molecular flexibility index (Phi) is 5.23. The van der Waals surface area contributed by atoms with Gasteiger partial charge in [0.25, 0.3) is 0 Å². The fraction of sp³-hybridized carbons (Fsp3) is 0.500. The third kappa shape index (κ3) is 3.75. The SMILES string of the molecule is Cc1ccc(C2=NN[C@H]([C@H](O)[C@H](O)[C@H](O)[C@@H](C)O)S2)cc1. The van der Waals surface area contributed by atoms with Gasteiger partial charge in [0.15, 0.2) is 0 Å². The van der Waals surface area contributed by atoms with E-state index in [1.807, 2.05) is 31.2 Å². The molecule has 0 radical (unpaired) electrons. The molecule has 2 rings (SSSR count). The van der Waals surface area contributed by atoms with Crippen LogP contribution in [0.15, 0.2) is 29.4 Å². The molecule has 21 heavy (non-hydrogen) atoms. The number of nitrogens with one attached hydrogen (secondary N) is 1. The standard InChI is InChI=1S/C14H20N2O4S/c1-7-3-5-9(6-4-7)13-15-16-14(21-13)12(20)11(19)10(18)8(2)17/h3-6,8,10-12,14,16-20H,1-2H3/t8-,10-,11-,12-,14+/m1/s1. The second-order valence-electron chi connectivity index (χ2n) is 5.16. The van der Waals surface area contributed by atoms with Crippen LogP contribution in [0.5, 0.6) is 0 Å². The lowest BCUT2D eigenvalue weighted by Crippen LogP contribution is -2.49. The lowest BCUT2D eigenvalue weighted by molar-refractivity contribution is -0.101. The van der Waals surface area contributed by atoms with Gasteiger partial charge in [0.05, 0.1) is 6.10 Å². The van der Waals surface area contributed by atoms with Crippen molar-refractivity contribution in [1.29, 1.82) is 0 Å². The number of aliphatic hydroxyl groups excluding tert-OH is 4. The Morgan fingerprint density at radius 3 is 2.29 bits per heavy atom. The third-order valence-corrected chi connectivity index (χ3v) is 4.52. The number of nitrogens with zero attached hydrogens (tertiary/aromatic N) is 1. The smallest absolute Gasteiger partial charge is 0.125 e. The first-order chi connectivity index (χ1) is 9.90. The highest BCUT2D eigenvalue weighted by atomic mass is 32.2. The van der Waals surface area contributed by atoms with Crippen LogP contribution in [0.25, 0.3) is 0 Å². The van der Waals surface area contributed by atoms with Crippen molar-refractivity contribution in [2.75, 3.05) is 0 Å². The Morgan fingerprint density at radius 2 is 1.71 bits per heavy atom. The number of thioether (sulfide) groups is 1. The molecular formula is C14H20N2O4S. The third-order valence-electron chi connectivity index (χ3n) is 3.33. The summed E-state index contributed by atoms with van der Waals surface area (Å²) in [5, 5.41) is 43.0. The normalized spacial score (nSPS) is 23.9. The molecule has 0 spiro atoms. The van der Waals surface area contributed by atoms with Crippen LogP contribution in [0, 0.1) is 6.92 Å². The zero-order chi connectivity index (χ0) is 15.6. The minimum atomic E-state index is -1.46. The summed E-state index contributed by atoms with van der Waals surface area (Å²) < 4.78 is 0. The lowest BCUT2D eigenvalue weighted by Gasteiger charge is -2.27. The van der Waals surface area contributed by atoms with Crippen LogP contribution >= 0.6 is 11.8 Å². The summed E-state index contributed by atoms with van der Waals surface area (Å²) in [4.78, 5) is 0. The van der Waals surface area contributed by atoms with Crippen molar-refractivity contribution in [1.82, 2.24) is 5.43 Å². The number of aryl methyl sites for hydroxylation is 1. The fourth-order valence-electron chi connectivity index (χ4n) is 1.94. The first-order valence-corrected chi connectivity index (χ1v) is 7.57. The van der Waals surface area contributed by atoms with Crippen LogP contribution in [0.2, 0.25) is 0 Å². The van der Waals surface area contributed by atoms with Gasteiger partial charge in [0, 0.05) is 5.56 Å². The maximum atomic E-state index is 10.1. The molecule has 0 fully saturated rings. The van der Waals surface area contributed by atoms with E-state index in [2.05, 4.69) is 10.5 Å². The van der Waals surface area contributed by atoms with Crippen LogP contribution in [0.4, 0.5) is 0 Å². The number of hydrogen-bond donors (Lipinski definition) is 5. The second kappa shape index (κ2) is 6.76. The van der Waals surface area contributed by atoms with Crippen molar-refractivity contribution < 1.29 is 20.4 Å². The van der Waals surface area contributed by atoms with Crippen LogP contribution in [0.3, 0.4) is 0 Å². The summed E-state index contributed by atoms with van der Waals surface area (Å²) in [7, 11) is 0. The van der Waals surface area contributed by atoms with E-state index in [1.54, 1.807) is 0 Å². The number of benzene rings is 1. The van der Waals surface area contributed by atoms with Gasteiger partial charge in [0.1, 0.15) is 28.7 Å². The Balaban J connectivity index is 1.99. The first kappa shape index (κ1) is 16.3. The summed E-state index contributed by atoms with van der Waals surface area (Å²) in [5.74, 6) is 0. The molecule has 0 amide bonds. The van der Waals surface area contributed by atoms with E-state index in [1.165, 1.54) is 18.7 Å². The lowest BCUT2D eigenvalue weighted by atomic mass is 10.0. The van der Waals surface area contributed by atoms with E-state index in [9.17, 15) is 20.4 Å². The minimum Gasteiger partial charge on any atom is -0.391 e. The van der Waals surface area contributed by atoms with Crippen molar-refractivity contribution in [2.24, 2.45) is 5.10 Å². The van der Waals surface area contributed by atoms with Crippen LogP contribution < -0.4 is 5.43 Å². The topological polar surface area (TPSA) is 105 Å². The zero-order valence-corrected chi connectivity index (χ0v) is 12.7. The number of aliphatic hydroxyl groups is 4. The molecule has 0 bridgehead atoms. The predicted molar refractivity (Wildman–Crippen MR) is 81.9 cm³/mol. The molecule has 5 atom stereocenters. The van der Waals surface area contributed by atoms with Gasteiger partial charge in [-0.15, -0.1) is 0 Å². The summed E-state index contributed by atoms with van der Waals surface area (Å²) in [5.41, 5.74) is 4.80. The highest BCUT2D eigenvalue weighted by Gasteiger charge is 2.36. The quantitative estimate of drug-likeness (QED) is 0.515. The summed E-state index contributed by atoms with van der Waals surface area (Å²) in [6.07, 6.45) is -5.25. The van der Waals surface area contributed by atoms with Gasteiger partial charge in [0.2, 0.25) is 0 Å². The fourth-order valence-corrected chi connectivity index (χ4v) is 2.96. The van der Waals surface area contributed by atoms with Crippen molar-refractivity contribution in [3.05, 3.63) is 35.4 Å². The number of hydrogen-bond acceptors (Lipinski definition) is 7. The van der Waals surface area contributed by atoms with Gasteiger partial charge in [-0.05, 0) is 13.8 Å². The largest absolute Gasteiger partial charge is 0.391 e. The molecule has 0 unspecified atom stereocenters. The molecule has 5 N–H and O–H groups in total. The van der Waals surface area contributed by atoms with E-state index < -0.39 is 29.8 Å². The Bertz CT molecular complexity index is 506. The van der Waals surface area contributed by atoms with Crippen LogP contribution in [-0.2, 0) is 0 Å². The highest BCUT2D eigenvalue weighted by Crippen LogP contribution is 2.27. The van der Waals surface area contributed by atoms with Crippen molar-refractivity contribution in [3.63, 3.8) is 0 Å². The summed E-state index contributed by atoms with van der Waals surface area (Å²) >= 11 is 1.27. The van der Waals surface area contributed by atoms with Gasteiger partial charge < -0.3 is 20.4 Å².